The van der Waals surface area contributed by atoms with Gasteiger partial charge in [-0.2, -0.15) is 0 Å². The Morgan fingerprint density at radius 3 is 2.63 bits per heavy atom. The predicted octanol–water partition coefficient (Wildman–Crippen LogP) is 4.09. The molecule has 0 aliphatic carbocycles. The summed E-state index contributed by atoms with van der Waals surface area (Å²) in [6, 6.07) is 10.8. The Morgan fingerprint density at radius 1 is 1.11 bits per heavy atom. The molecule has 140 valence electrons. The molecule has 0 atom stereocenters. The molecule has 1 aliphatic heterocycles. The van der Waals surface area contributed by atoms with Crippen LogP contribution in [0.1, 0.15) is 12.0 Å². The Labute approximate surface area is 167 Å². The molecule has 2 heterocycles. The zero-order chi connectivity index (χ0) is 19.0. The van der Waals surface area contributed by atoms with E-state index >= 15 is 0 Å². The number of nitrogens with one attached hydrogen (secondary N) is 1. The van der Waals surface area contributed by atoms with E-state index in [1.807, 2.05) is 24.3 Å². The number of rotatable bonds is 4. The van der Waals surface area contributed by atoms with Crippen molar-refractivity contribution < 1.29 is 8.42 Å². The van der Waals surface area contributed by atoms with Gasteiger partial charge in [0, 0.05) is 13.1 Å². The van der Waals surface area contributed by atoms with E-state index in [4.69, 9.17) is 23.2 Å². The average molecular weight is 423 g/mol. The van der Waals surface area contributed by atoms with Crippen LogP contribution in [-0.4, -0.2) is 30.7 Å². The minimum Gasteiger partial charge on any atom is -0.365 e. The lowest BCUT2D eigenvalue weighted by molar-refractivity contribution is 0.599. The number of hydrogen-bond acceptors (Lipinski definition) is 5. The zero-order valence-corrected chi connectivity index (χ0v) is 16.5. The Balaban J connectivity index is 1.53. The molecule has 1 N–H and O–H groups in total. The van der Waals surface area contributed by atoms with Crippen LogP contribution in [0, 0.1) is 0 Å². The summed E-state index contributed by atoms with van der Waals surface area (Å²) in [5.41, 5.74) is 2.95. The highest BCUT2D eigenvalue weighted by atomic mass is 35.5. The van der Waals surface area contributed by atoms with E-state index < -0.39 is 10.0 Å². The summed E-state index contributed by atoms with van der Waals surface area (Å²) in [4.78, 5) is 8.83. The second-order valence-corrected chi connectivity index (χ2v) is 9.10. The molecule has 27 heavy (non-hydrogen) atoms. The predicted molar refractivity (Wildman–Crippen MR) is 109 cm³/mol. The molecule has 0 saturated carbocycles. The van der Waals surface area contributed by atoms with Crippen LogP contribution in [0.2, 0.25) is 10.0 Å². The molecule has 3 aromatic rings. The summed E-state index contributed by atoms with van der Waals surface area (Å²) in [6.07, 6.45) is 2.28. The molecule has 1 fully saturated rings. The third-order valence-corrected chi connectivity index (χ3v) is 6.95. The lowest BCUT2D eigenvalue weighted by atomic mass is 10.2. The summed E-state index contributed by atoms with van der Waals surface area (Å²) in [6.45, 7) is 1.02. The van der Waals surface area contributed by atoms with Gasteiger partial charge in [0.1, 0.15) is 5.82 Å². The van der Waals surface area contributed by atoms with Crippen LogP contribution in [0.5, 0.6) is 0 Å². The van der Waals surface area contributed by atoms with Gasteiger partial charge >= 0.3 is 0 Å². The lowest BCUT2D eigenvalue weighted by Gasteiger charge is -2.17. The van der Waals surface area contributed by atoms with Gasteiger partial charge in [0.25, 0.3) is 0 Å². The zero-order valence-electron chi connectivity index (χ0n) is 14.2. The van der Waals surface area contributed by atoms with Crippen LogP contribution in [0.4, 0.5) is 11.5 Å². The molecule has 0 bridgehead atoms. The van der Waals surface area contributed by atoms with Gasteiger partial charge in [0.2, 0.25) is 10.0 Å². The second-order valence-electron chi connectivity index (χ2n) is 6.28. The van der Waals surface area contributed by atoms with Crippen LogP contribution in [0.25, 0.3) is 11.0 Å². The van der Waals surface area contributed by atoms with Crippen molar-refractivity contribution in [3.05, 3.63) is 58.2 Å². The fourth-order valence-electron chi connectivity index (χ4n) is 3.04. The van der Waals surface area contributed by atoms with E-state index in [0.29, 0.717) is 52.1 Å². The fourth-order valence-corrected chi connectivity index (χ4v) is 4.91. The van der Waals surface area contributed by atoms with E-state index in [0.717, 1.165) is 5.56 Å². The molecule has 1 aliphatic rings. The molecule has 0 spiro atoms. The van der Waals surface area contributed by atoms with Crippen LogP contribution in [-0.2, 0) is 16.6 Å². The van der Waals surface area contributed by atoms with Crippen molar-refractivity contribution in [3.63, 3.8) is 0 Å². The normalized spacial score (nSPS) is 16.0. The molecule has 9 heteroatoms. The summed E-state index contributed by atoms with van der Waals surface area (Å²) in [5, 5.41) is 4.07. The number of halogens is 2. The highest BCUT2D eigenvalue weighted by Gasteiger charge is 2.28. The Bertz CT molecular complexity index is 1120. The summed E-state index contributed by atoms with van der Waals surface area (Å²) < 4.78 is 25.7. The molecule has 6 nitrogen and oxygen atoms in total. The van der Waals surface area contributed by atoms with Gasteiger partial charge in [0.05, 0.1) is 38.7 Å². The molecular weight excluding hydrogens is 407 g/mol. The first-order valence-corrected chi connectivity index (χ1v) is 10.7. The highest BCUT2D eigenvalue weighted by molar-refractivity contribution is 7.93. The second kappa shape index (κ2) is 7.14. The third-order valence-electron chi connectivity index (χ3n) is 4.36. The first kappa shape index (κ1) is 18.3. The molecule has 4 rings (SSSR count). The topological polar surface area (TPSA) is 75.2 Å². The number of sulfonamides is 1. The van der Waals surface area contributed by atoms with Gasteiger partial charge in [0.15, 0.2) is 0 Å². The summed E-state index contributed by atoms with van der Waals surface area (Å²) in [7, 11) is -3.19. The van der Waals surface area contributed by atoms with Crippen LogP contribution in [0.15, 0.2) is 42.6 Å². The maximum atomic E-state index is 12.1. The number of fused-ring (bicyclic) bond motifs is 1. The Hall–Kier alpha value is -2.09. The maximum Gasteiger partial charge on any atom is 0.235 e. The molecule has 2 aromatic carbocycles. The minimum absolute atomic E-state index is 0.203. The van der Waals surface area contributed by atoms with Crippen molar-refractivity contribution >= 4 is 55.8 Å². The molecule has 1 saturated heterocycles. The molecular formula is C18H16Cl2N4O2S. The SMILES string of the molecule is O=S1(=O)CCCN1c1cccc(CNc2cnc3cc(Cl)c(Cl)cc3n2)c1. The summed E-state index contributed by atoms with van der Waals surface area (Å²) >= 11 is 12.0. The van der Waals surface area contributed by atoms with Crippen molar-refractivity contribution in [3.8, 4) is 0 Å². The van der Waals surface area contributed by atoms with Crippen LogP contribution < -0.4 is 9.62 Å². The molecule has 0 unspecified atom stereocenters. The minimum atomic E-state index is -3.19. The van der Waals surface area contributed by atoms with Gasteiger partial charge in [-0.3, -0.25) is 9.29 Å². The molecule has 1 aromatic heterocycles. The molecule has 0 amide bonds. The highest BCUT2D eigenvalue weighted by Crippen LogP contribution is 2.27. The van der Waals surface area contributed by atoms with Gasteiger partial charge < -0.3 is 5.32 Å². The van der Waals surface area contributed by atoms with Crippen LogP contribution in [0.3, 0.4) is 0 Å². The van der Waals surface area contributed by atoms with Crippen molar-refractivity contribution in [2.24, 2.45) is 0 Å². The Morgan fingerprint density at radius 2 is 1.89 bits per heavy atom. The number of nitrogens with zero attached hydrogens (tertiary/aromatic N) is 3. The number of anilines is 2. The quantitative estimate of drug-likeness (QED) is 0.684. The van der Waals surface area contributed by atoms with E-state index in [-0.39, 0.29) is 5.75 Å². The molecule has 0 radical (unpaired) electrons. The number of aromatic nitrogens is 2. The number of hydrogen-bond donors (Lipinski definition) is 1. The third kappa shape index (κ3) is 3.81. The van der Waals surface area contributed by atoms with Crippen molar-refractivity contribution in [2.45, 2.75) is 13.0 Å². The van der Waals surface area contributed by atoms with Crippen molar-refractivity contribution in [1.82, 2.24) is 9.97 Å². The van der Waals surface area contributed by atoms with Crippen LogP contribution >= 0.6 is 23.2 Å². The standard InChI is InChI=1S/C18H16Cl2N4O2S/c19-14-8-16-17(9-15(14)20)23-18(11-21-16)22-10-12-3-1-4-13(7-12)24-5-2-6-27(24,25)26/h1,3-4,7-9,11H,2,5-6,10H2,(H,22,23). The van der Waals surface area contributed by atoms with Gasteiger partial charge in [-0.05, 0) is 36.2 Å². The van der Waals surface area contributed by atoms with E-state index in [2.05, 4.69) is 15.3 Å². The van der Waals surface area contributed by atoms with Gasteiger partial charge in [-0.1, -0.05) is 35.3 Å². The smallest absolute Gasteiger partial charge is 0.235 e. The van der Waals surface area contributed by atoms with E-state index in [9.17, 15) is 8.42 Å². The van der Waals surface area contributed by atoms with Gasteiger partial charge in [-0.25, -0.2) is 13.4 Å². The van der Waals surface area contributed by atoms with E-state index in [1.165, 1.54) is 4.31 Å². The monoisotopic (exact) mass is 422 g/mol. The Kier molecular flexibility index (Phi) is 4.84. The fraction of sp³-hybridized carbons (Fsp3) is 0.222. The van der Waals surface area contributed by atoms with Crippen molar-refractivity contribution in [2.75, 3.05) is 21.9 Å². The lowest BCUT2D eigenvalue weighted by Crippen LogP contribution is -2.25. The van der Waals surface area contributed by atoms with E-state index in [1.54, 1.807) is 18.3 Å². The van der Waals surface area contributed by atoms with Gasteiger partial charge in [-0.15, -0.1) is 0 Å². The number of benzene rings is 2. The average Bonchev–Trinajstić information content (AvgIpc) is 3.00. The maximum absolute atomic E-state index is 12.1. The summed E-state index contributed by atoms with van der Waals surface area (Å²) in [5.74, 6) is 0.800. The first-order valence-electron chi connectivity index (χ1n) is 8.37. The largest absolute Gasteiger partial charge is 0.365 e. The first-order chi connectivity index (χ1) is 12.9. The van der Waals surface area contributed by atoms with Crippen molar-refractivity contribution in [1.29, 1.82) is 0 Å².